The number of nitrogens with zero attached hydrogens (tertiary/aromatic N) is 1. The average molecular weight is 372 g/mol. The Morgan fingerprint density at radius 2 is 1.74 bits per heavy atom. The SMILES string of the molecule is Cc1ccc(SCc2ccccc2)c(-c2cc3c(C)cccn3c2C=O)c1. The summed E-state index contributed by atoms with van der Waals surface area (Å²) in [6.45, 7) is 4.17. The molecule has 0 saturated carbocycles. The van der Waals surface area contributed by atoms with E-state index in [1.165, 1.54) is 16.0 Å². The Morgan fingerprint density at radius 1 is 0.926 bits per heavy atom. The molecule has 0 aliphatic carbocycles. The molecule has 2 aromatic heterocycles. The number of hydrogen-bond donors (Lipinski definition) is 0. The van der Waals surface area contributed by atoms with Gasteiger partial charge in [-0.15, -0.1) is 11.8 Å². The number of benzene rings is 2. The summed E-state index contributed by atoms with van der Waals surface area (Å²) in [6.07, 6.45) is 2.93. The van der Waals surface area contributed by atoms with Crippen LogP contribution in [0.3, 0.4) is 0 Å². The number of carbonyl (C=O) groups is 1. The molecule has 0 radical (unpaired) electrons. The fraction of sp³-hybridized carbons (Fsp3) is 0.125. The number of aromatic nitrogens is 1. The fourth-order valence-electron chi connectivity index (χ4n) is 3.41. The van der Waals surface area contributed by atoms with E-state index in [1.807, 2.05) is 34.5 Å². The molecule has 4 rings (SSSR count). The number of carbonyl (C=O) groups excluding carboxylic acids is 1. The molecule has 0 aliphatic rings. The third-order valence-electron chi connectivity index (χ3n) is 4.84. The zero-order valence-electron chi connectivity index (χ0n) is 15.5. The Bertz CT molecular complexity index is 1110. The van der Waals surface area contributed by atoms with Gasteiger partial charge in [0.25, 0.3) is 0 Å². The third-order valence-corrected chi connectivity index (χ3v) is 5.98. The second-order valence-corrected chi connectivity index (χ2v) is 7.80. The highest BCUT2D eigenvalue weighted by Crippen LogP contribution is 2.37. The van der Waals surface area contributed by atoms with Crippen molar-refractivity contribution in [1.82, 2.24) is 4.40 Å². The van der Waals surface area contributed by atoms with E-state index in [0.717, 1.165) is 34.2 Å². The van der Waals surface area contributed by atoms with E-state index in [4.69, 9.17) is 0 Å². The molecule has 0 bridgehead atoms. The topological polar surface area (TPSA) is 21.5 Å². The molecule has 27 heavy (non-hydrogen) atoms. The number of aldehydes is 1. The molecule has 2 nitrogen and oxygen atoms in total. The number of fused-ring (bicyclic) bond motifs is 1. The van der Waals surface area contributed by atoms with Gasteiger partial charge in [0.1, 0.15) is 0 Å². The van der Waals surface area contributed by atoms with Crippen molar-refractivity contribution in [3.63, 3.8) is 0 Å². The Kier molecular flexibility index (Phi) is 4.87. The van der Waals surface area contributed by atoms with Gasteiger partial charge in [-0.25, -0.2) is 0 Å². The molecule has 0 N–H and O–H groups in total. The lowest BCUT2D eigenvalue weighted by Crippen LogP contribution is -1.94. The third kappa shape index (κ3) is 3.43. The lowest BCUT2D eigenvalue weighted by molar-refractivity contribution is 0.111. The van der Waals surface area contributed by atoms with E-state index in [2.05, 4.69) is 68.4 Å². The Morgan fingerprint density at radius 3 is 2.52 bits per heavy atom. The first-order chi connectivity index (χ1) is 13.2. The predicted molar refractivity (Wildman–Crippen MR) is 114 cm³/mol. The van der Waals surface area contributed by atoms with Crippen molar-refractivity contribution in [2.45, 2.75) is 24.5 Å². The fourth-order valence-corrected chi connectivity index (χ4v) is 4.42. The summed E-state index contributed by atoms with van der Waals surface area (Å²) in [4.78, 5) is 13.1. The van der Waals surface area contributed by atoms with Crippen LogP contribution in [0.25, 0.3) is 16.6 Å². The first-order valence-electron chi connectivity index (χ1n) is 9.01. The summed E-state index contributed by atoms with van der Waals surface area (Å²) in [5, 5.41) is 0. The molecule has 0 fully saturated rings. The molecule has 3 heteroatoms. The van der Waals surface area contributed by atoms with Gasteiger partial charge < -0.3 is 4.40 Å². The van der Waals surface area contributed by atoms with E-state index in [-0.39, 0.29) is 0 Å². The minimum absolute atomic E-state index is 0.709. The summed E-state index contributed by atoms with van der Waals surface area (Å²) >= 11 is 1.81. The minimum atomic E-state index is 0.709. The van der Waals surface area contributed by atoms with Gasteiger partial charge in [-0.3, -0.25) is 4.79 Å². The number of rotatable bonds is 5. The van der Waals surface area contributed by atoms with E-state index < -0.39 is 0 Å². The second-order valence-electron chi connectivity index (χ2n) is 6.78. The maximum Gasteiger partial charge on any atom is 0.167 e. The summed E-state index contributed by atoms with van der Waals surface area (Å²) in [5.74, 6) is 0.903. The first kappa shape index (κ1) is 17.6. The van der Waals surface area contributed by atoms with Gasteiger partial charge in [0.2, 0.25) is 0 Å². The van der Waals surface area contributed by atoms with E-state index in [9.17, 15) is 4.79 Å². The van der Waals surface area contributed by atoms with Crippen LogP contribution < -0.4 is 0 Å². The molecule has 0 unspecified atom stereocenters. The van der Waals surface area contributed by atoms with E-state index in [0.29, 0.717) is 5.69 Å². The monoisotopic (exact) mass is 371 g/mol. The maximum absolute atomic E-state index is 11.9. The molecule has 0 atom stereocenters. The van der Waals surface area contributed by atoms with Crippen LogP contribution in [0.15, 0.2) is 77.8 Å². The van der Waals surface area contributed by atoms with Crippen molar-refractivity contribution in [3.05, 3.63) is 95.3 Å². The first-order valence-corrected chi connectivity index (χ1v) is 9.99. The van der Waals surface area contributed by atoms with Crippen LogP contribution in [0.4, 0.5) is 0 Å². The van der Waals surface area contributed by atoms with Gasteiger partial charge in [0, 0.05) is 27.9 Å². The highest BCUT2D eigenvalue weighted by Gasteiger charge is 2.16. The van der Waals surface area contributed by atoms with Crippen LogP contribution in [-0.2, 0) is 5.75 Å². The number of pyridine rings is 1. The van der Waals surface area contributed by atoms with Gasteiger partial charge in [-0.1, -0.05) is 54.1 Å². The standard InChI is InChI=1S/C24H21NOS/c1-17-10-11-24(27-16-19-8-4-3-5-9-19)21(13-17)20-14-22-18(2)7-6-12-25(22)23(20)15-26/h3-15H,16H2,1-2H3. The number of aryl methyl sites for hydroxylation is 2. The predicted octanol–water partition coefficient (Wildman–Crippen LogP) is 6.33. The van der Waals surface area contributed by atoms with Crippen molar-refractivity contribution in [1.29, 1.82) is 0 Å². The molecule has 0 saturated heterocycles. The normalized spacial score (nSPS) is 11.0. The molecule has 2 aromatic carbocycles. The second kappa shape index (κ2) is 7.45. The zero-order chi connectivity index (χ0) is 18.8. The summed E-state index contributed by atoms with van der Waals surface area (Å²) in [6, 6.07) is 23.2. The highest BCUT2D eigenvalue weighted by atomic mass is 32.2. The van der Waals surface area contributed by atoms with E-state index >= 15 is 0 Å². The van der Waals surface area contributed by atoms with Crippen LogP contribution in [0.2, 0.25) is 0 Å². The Balaban J connectivity index is 1.82. The largest absolute Gasteiger partial charge is 0.313 e. The van der Waals surface area contributed by atoms with Crippen LogP contribution in [0.5, 0.6) is 0 Å². The average Bonchev–Trinajstić information content (AvgIpc) is 3.07. The quantitative estimate of drug-likeness (QED) is 0.302. The van der Waals surface area contributed by atoms with Crippen LogP contribution >= 0.6 is 11.8 Å². The van der Waals surface area contributed by atoms with Crippen molar-refractivity contribution >= 4 is 23.6 Å². The van der Waals surface area contributed by atoms with E-state index in [1.54, 1.807) is 0 Å². The maximum atomic E-state index is 11.9. The summed E-state index contributed by atoms with van der Waals surface area (Å²) < 4.78 is 1.99. The Labute approximate surface area is 163 Å². The van der Waals surface area contributed by atoms with Crippen molar-refractivity contribution in [2.75, 3.05) is 0 Å². The van der Waals surface area contributed by atoms with Crippen molar-refractivity contribution in [3.8, 4) is 11.1 Å². The zero-order valence-corrected chi connectivity index (χ0v) is 16.3. The van der Waals surface area contributed by atoms with Crippen molar-refractivity contribution < 1.29 is 4.79 Å². The summed E-state index contributed by atoms with van der Waals surface area (Å²) in [5.41, 5.74) is 7.56. The molecular formula is C24H21NOS. The minimum Gasteiger partial charge on any atom is -0.313 e. The van der Waals surface area contributed by atoms with Crippen LogP contribution in [0, 0.1) is 13.8 Å². The molecule has 0 aliphatic heterocycles. The van der Waals surface area contributed by atoms with Gasteiger partial charge in [0.05, 0.1) is 5.69 Å². The smallest absolute Gasteiger partial charge is 0.167 e. The van der Waals surface area contributed by atoms with Gasteiger partial charge in [0.15, 0.2) is 6.29 Å². The molecule has 2 heterocycles. The Hall–Kier alpha value is -2.78. The van der Waals surface area contributed by atoms with Crippen LogP contribution in [-0.4, -0.2) is 10.7 Å². The lowest BCUT2D eigenvalue weighted by Gasteiger charge is -2.10. The summed E-state index contributed by atoms with van der Waals surface area (Å²) in [7, 11) is 0. The molecular weight excluding hydrogens is 350 g/mol. The van der Waals surface area contributed by atoms with Gasteiger partial charge >= 0.3 is 0 Å². The highest BCUT2D eigenvalue weighted by molar-refractivity contribution is 7.98. The molecule has 4 aromatic rings. The molecule has 0 spiro atoms. The van der Waals surface area contributed by atoms with Crippen LogP contribution in [0.1, 0.15) is 27.2 Å². The van der Waals surface area contributed by atoms with Crippen molar-refractivity contribution in [2.24, 2.45) is 0 Å². The lowest BCUT2D eigenvalue weighted by atomic mass is 10.0. The number of hydrogen-bond acceptors (Lipinski definition) is 2. The van der Waals surface area contributed by atoms with Gasteiger partial charge in [-0.2, -0.15) is 0 Å². The molecule has 134 valence electrons. The molecule has 0 amide bonds. The van der Waals surface area contributed by atoms with Gasteiger partial charge in [-0.05, 0) is 48.7 Å². The number of thioether (sulfide) groups is 1.